The summed E-state index contributed by atoms with van der Waals surface area (Å²) in [5.74, 6) is 1.16. The number of fused-ring (bicyclic) bond motifs is 1. The molecule has 0 unspecified atom stereocenters. The Morgan fingerprint density at radius 2 is 2.41 bits per heavy atom. The molecule has 2 aromatic heterocycles. The maximum absolute atomic E-state index is 11.6. The van der Waals surface area contributed by atoms with Crippen LogP contribution in [-0.4, -0.2) is 21.9 Å². The Hall–Kier alpha value is -1.27. The molecule has 2 N–H and O–H groups in total. The zero-order valence-corrected chi connectivity index (χ0v) is 10.8. The molecule has 4 nitrogen and oxygen atoms in total. The number of nitrogens with zero attached hydrogens (tertiary/aromatic N) is 1. The molecule has 0 saturated carbocycles. The van der Waals surface area contributed by atoms with E-state index in [1.165, 1.54) is 5.56 Å². The van der Waals surface area contributed by atoms with Crippen molar-refractivity contribution in [3.8, 4) is 0 Å². The Kier molecular flexibility index (Phi) is 2.68. The van der Waals surface area contributed by atoms with E-state index in [2.05, 4.69) is 32.3 Å². The van der Waals surface area contributed by atoms with E-state index >= 15 is 0 Å². The number of carbonyl (C=O) groups excluding carboxylic acids is 1. The highest BCUT2D eigenvalue weighted by atomic mass is 32.2. The number of rotatable bonds is 1. The molecule has 1 atom stereocenters. The summed E-state index contributed by atoms with van der Waals surface area (Å²) in [6.07, 6.45) is 0. The van der Waals surface area contributed by atoms with Crippen molar-refractivity contribution in [1.29, 1.82) is 0 Å². The number of amides is 1. The second kappa shape index (κ2) is 4.19. The third-order valence-electron chi connectivity index (χ3n) is 2.74. The van der Waals surface area contributed by atoms with E-state index < -0.39 is 0 Å². The van der Waals surface area contributed by atoms with Crippen LogP contribution < -0.4 is 5.32 Å². The van der Waals surface area contributed by atoms with Gasteiger partial charge in [-0.15, -0.1) is 11.8 Å². The molecule has 0 saturated heterocycles. The maximum atomic E-state index is 11.6. The van der Waals surface area contributed by atoms with Gasteiger partial charge in [-0.1, -0.05) is 0 Å². The van der Waals surface area contributed by atoms with Crippen molar-refractivity contribution in [2.45, 2.75) is 12.2 Å². The Morgan fingerprint density at radius 3 is 3.18 bits per heavy atom. The molecule has 0 fully saturated rings. The first kappa shape index (κ1) is 10.9. The lowest BCUT2D eigenvalue weighted by atomic mass is 10.1. The van der Waals surface area contributed by atoms with Gasteiger partial charge in [0.05, 0.1) is 11.0 Å². The molecule has 0 spiro atoms. The monoisotopic (exact) mass is 265 g/mol. The highest BCUT2D eigenvalue weighted by Gasteiger charge is 2.28. The van der Waals surface area contributed by atoms with Crippen LogP contribution in [0.5, 0.6) is 0 Å². The van der Waals surface area contributed by atoms with Crippen LogP contribution in [0.3, 0.4) is 0 Å². The highest BCUT2D eigenvalue weighted by Crippen LogP contribution is 2.42. The Morgan fingerprint density at radius 1 is 1.53 bits per heavy atom. The van der Waals surface area contributed by atoms with Crippen molar-refractivity contribution >= 4 is 34.8 Å². The van der Waals surface area contributed by atoms with Crippen LogP contribution in [-0.2, 0) is 4.79 Å². The number of nitrogens with one attached hydrogen (secondary N) is 2. The van der Waals surface area contributed by atoms with Gasteiger partial charge in [0.25, 0.3) is 0 Å². The predicted molar refractivity (Wildman–Crippen MR) is 70.6 cm³/mol. The number of anilines is 1. The summed E-state index contributed by atoms with van der Waals surface area (Å²) in [5, 5.41) is 14.3. The molecule has 88 valence electrons. The van der Waals surface area contributed by atoms with Gasteiger partial charge in [0.2, 0.25) is 5.91 Å². The minimum absolute atomic E-state index is 0.0143. The van der Waals surface area contributed by atoms with Gasteiger partial charge in [0, 0.05) is 11.3 Å². The fraction of sp³-hybridized carbons (Fsp3) is 0.273. The molecule has 1 aliphatic heterocycles. The van der Waals surface area contributed by atoms with Crippen molar-refractivity contribution in [2.24, 2.45) is 0 Å². The lowest BCUT2D eigenvalue weighted by Gasteiger charge is -2.12. The normalized spacial score (nSPS) is 19.6. The molecule has 3 heterocycles. The Labute approximate surface area is 107 Å². The molecule has 2 aromatic rings. The van der Waals surface area contributed by atoms with E-state index in [1.54, 1.807) is 23.1 Å². The molecule has 0 radical (unpaired) electrons. The van der Waals surface area contributed by atoms with Gasteiger partial charge in [-0.25, -0.2) is 0 Å². The average molecular weight is 265 g/mol. The lowest BCUT2D eigenvalue weighted by molar-refractivity contribution is -0.113. The first-order valence-corrected chi connectivity index (χ1v) is 7.23. The van der Waals surface area contributed by atoms with Crippen molar-refractivity contribution in [3.05, 3.63) is 33.6 Å². The third kappa shape index (κ3) is 1.87. The zero-order chi connectivity index (χ0) is 11.8. The molecule has 17 heavy (non-hydrogen) atoms. The van der Waals surface area contributed by atoms with Crippen LogP contribution in [0, 0.1) is 6.92 Å². The summed E-state index contributed by atoms with van der Waals surface area (Å²) in [4.78, 5) is 11.6. The molecular weight excluding hydrogens is 254 g/mol. The van der Waals surface area contributed by atoms with E-state index in [0.717, 1.165) is 11.3 Å². The second-order valence-electron chi connectivity index (χ2n) is 3.91. The number of hydrogen-bond acceptors (Lipinski definition) is 4. The van der Waals surface area contributed by atoms with Crippen molar-refractivity contribution < 1.29 is 4.79 Å². The van der Waals surface area contributed by atoms with E-state index in [9.17, 15) is 4.79 Å². The van der Waals surface area contributed by atoms with Gasteiger partial charge in [-0.2, -0.15) is 16.4 Å². The Balaban J connectivity index is 2.10. The first-order valence-electron chi connectivity index (χ1n) is 5.24. The van der Waals surface area contributed by atoms with Gasteiger partial charge >= 0.3 is 0 Å². The summed E-state index contributed by atoms with van der Waals surface area (Å²) in [7, 11) is 0. The van der Waals surface area contributed by atoms with Crippen LogP contribution in [0.1, 0.15) is 22.1 Å². The highest BCUT2D eigenvalue weighted by molar-refractivity contribution is 8.00. The minimum Gasteiger partial charge on any atom is -0.308 e. The topological polar surface area (TPSA) is 57.8 Å². The number of aromatic amines is 1. The second-order valence-corrected chi connectivity index (χ2v) is 5.78. The quantitative estimate of drug-likeness (QED) is 0.833. The molecular formula is C11H11N3OS2. The fourth-order valence-corrected chi connectivity index (χ4v) is 3.91. The van der Waals surface area contributed by atoms with Gasteiger partial charge in [-0.05, 0) is 29.3 Å². The standard InChI is InChI=1S/C11H11N3OS2/c1-6-9-10(7-2-3-16-4-7)17-5-8(15)12-11(9)14-13-6/h2-4,10H,5H2,1H3,(H2,12,13,14,15)/t10-/m0/s1. The molecule has 1 amide bonds. The molecule has 6 heteroatoms. The van der Waals surface area contributed by atoms with Crippen LogP contribution in [0.2, 0.25) is 0 Å². The van der Waals surface area contributed by atoms with Crippen molar-refractivity contribution in [2.75, 3.05) is 11.1 Å². The predicted octanol–water partition coefficient (Wildman–Crippen LogP) is 2.55. The number of aromatic nitrogens is 2. The maximum Gasteiger partial charge on any atom is 0.235 e. The number of thiophene rings is 1. The number of H-pyrrole nitrogens is 1. The van der Waals surface area contributed by atoms with Gasteiger partial charge < -0.3 is 5.32 Å². The molecule has 3 rings (SSSR count). The van der Waals surface area contributed by atoms with Crippen LogP contribution >= 0.6 is 23.1 Å². The minimum atomic E-state index is 0.0143. The van der Waals surface area contributed by atoms with E-state index in [1.807, 2.05) is 6.92 Å². The van der Waals surface area contributed by atoms with Gasteiger partial charge in [0.15, 0.2) is 5.82 Å². The summed E-state index contributed by atoms with van der Waals surface area (Å²) in [6, 6.07) is 2.11. The molecule has 0 aromatic carbocycles. The van der Waals surface area contributed by atoms with Crippen molar-refractivity contribution in [3.63, 3.8) is 0 Å². The summed E-state index contributed by atoms with van der Waals surface area (Å²) < 4.78 is 0. The smallest absolute Gasteiger partial charge is 0.235 e. The van der Waals surface area contributed by atoms with Crippen LogP contribution in [0.25, 0.3) is 0 Å². The fourth-order valence-electron chi connectivity index (χ4n) is 1.95. The third-order valence-corrected chi connectivity index (χ3v) is 4.71. The molecule has 0 bridgehead atoms. The van der Waals surface area contributed by atoms with E-state index in [-0.39, 0.29) is 11.2 Å². The summed E-state index contributed by atoms with van der Waals surface area (Å²) >= 11 is 3.32. The zero-order valence-electron chi connectivity index (χ0n) is 9.19. The van der Waals surface area contributed by atoms with E-state index in [0.29, 0.717) is 11.6 Å². The largest absolute Gasteiger partial charge is 0.308 e. The van der Waals surface area contributed by atoms with E-state index in [4.69, 9.17) is 0 Å². The number of carbonyl (C=O) groups is 1. The van der Waals surface area contributed by atoms with Crippen LogP contribution in [0.15, 0.2) is 16.8 Å². The summed E-state index contributed by atoms with van der Waals surface area (Å²) in [5.41, 5.74) is 3.35. The molecule has 0 aliphatic carbocycles. The summed E-state index contributed by atoms with van der Waals surface area (Å²) in [6.45, 7) is 1.99. The Bertz CT molecular complexity index is 547. The van der Waals surface area contributed by atoms with Gasteiger partial charge in [0.1, 0.15) is 0 Å². The van der Waals surface area contributed by atoms with Gasteiger partial charge in [-0.3, -0.25) is 9.89 Å². The average Bonchev–Trinajstić information content (AvgIpc) is 2.90. The number of hydrogen-bond donors (Lipinski definition) is 2. The number of thioether (sulfide) groups is 1. The molecule has 1 aliphatic rings. The van der Waals surface area contributed by atoms with Crippen LogP contribution in [0.4, 0.5) is 5.82 Å². The SMILES string of the molecule is Cc1[nH]nc2c1[C@H](c1ccsc1)SCC(=O)N2. The first-order chi connectivity index (χ1) is 8.25. The number of aryl methyl sites for hydroxylation is 1. The lowest BCUT2D eigenvalue weighted by Crippen LogP contribution is -2.12. The van der Waals surface area contributed by atoms with Crippen molar-refractivity contribution in [1.82, 2.24) is 10.2 Å².